The van der Waals surface area contributed by atoms with Crippen molar-refractivity contribution in [1.82, 2.24) is 0 Å². The Morgan fingerprint density at radius 2 is 1.68 bits per heavy atom. The predicted molar refractivity (Wildman–Crippen MR) is 143 cm³/mol. The molecule has 0 aromatic heterocycles. The number of nitro benzene ring substituents is 1. The smallest absolute Gasteiger partial charge is 0.339 e. The summed E-state index contributed by atoms with van der Waals surface area (Å²) in [4.78, 5) is 34.3. The van der Waals surface area contributed by atoms with Crippen LogP contribution >= 0.6 is 0 Å². The van der Waals surface area contributed by atoms with Gasteiger partial charge in [-0.25, -0.2) is 4.79 Å². The lowest BCUT2D eigenvalue weighted by Crippen LogP contribution is -2.14. The van der Waals surface area contributed by atoms with Crippen molar-refractivity contribution in [3.63, 3.8) is 0 Å². The van der Waals surface area contributed by atoms with E-state index < -0.39 is 26.9 Å². The van der Waals surface area contributed by atoms with Gasteiger partial charge in [-0.15, -0.1) is 0 Å². The van der Waals surface area contributed by atoms with Gasteiger partial charge in [-0.05, 0) is 74.0 Å². The lowest BCUT2D eigenvalue weighted by atomic mass is 10.1. The Bertz CT molecular complexity index is 1590. The van der Waals surface area contributed by atoms with E-state index in [9.17, 15) is 33.4 Å². The quantitative estimate of drug-likeness (QED) is 0.0871. The van der Waals surface area contributed by atoms with Gasteiger partial charge in [0.1, 0.15) is 16.5 Å². The van der Waals surface area contributed by atoms with Crippen LogP contribution in [-0.2, 0) is 19.6 Å². The summed E-state index contributed by atoms with van der Waals surface area (Å²) in [7, 11) is -4.36. The number of nitrogens with one attached hydrogen (secondary N) is 1. The Labute approximate surface area is 229 Å². The molecule has 3 aromatic rings. The van der Waals surface area contributed by atoms with Crippen LogP contribution in [0.3, 0.4) is 0 Å². The van der Waals surface area contributed by atoms with E-state index in [2.05, 4.69) is 5.32 Å². The van der Waals surface area contributed by atoms with E-state index in [1.165, 1.54) is 48.5 Å². The monoisotopic (exact) mass is 565 g/mol. The first-order chi connectivity index (χ1) is 19.1. The molecular weight excluding hydrogens is 542 g/mol. The van der Waals surface area contributed by atoms with E-state index >= 15 is 0 Å². The Morgan fingerprint density at radius 3 is 2.25 bits per heavy atom. The van der Waals surface area contributed by atoms with Gasteiger partial charge in [0.05, 0.1) is 23.7 Å². The molecule has 0 bridgehead atoms. The number of nitrogens with zero attached hydrogens (tertiary/aromatic N) is 2. The second kappa shape index (κ2) is 13.0. The highest BCUT2D eigenvalue weighted by atomic mass is 32.2. The maximum absolute atomic E-state index is 12.7. The topological polar surface area (TPSA) is 175 Å². The summed E-state index contributed by atoms with van der Waals surface area (Å²) in [6, 6.07) is 16.0. The first kappa shape index (κ1) is 29.3. The van der Waals surface area contributed by atoms with Gasteiger partial charge in [0.25, 0.3) is 11.6 Å². The van der Waals surface area contributed by atoms with Crippen molar-refractivity contribution >= 4 is 39.4 Å². The molecule has 0 unspecified atom stereocenters. The molecule has 206 valence electrons. The third-order valence-corrected chi connectivity index (χ3v) is 6.38. The summed E-state index contributed by atoms with van der Waals surface area (Å²) in [5.74, 6) is -1.36. The number of nitro groups is 1. The average Bonchev–Trinajstić information content (AvgIpc) is 2.93. The Hall–Kier alpha value is -5.22. The van der Waals surface area contributed by atoms with Crippen molar-refractivity contribution in [1.29, 1.82) is 5.26 Å². The van der Waals surface area contributed by atoms with Crippen LogP contribution < -0.4 is 14.2 Å². The molecule has 0 aliphatic rings. The molecule has 0 fully saturated rings. The van der Waals surface area contributed by atoms with Crippen LogP contribution in [0.2, 0.25) is 0 Å². The highest BCUT2D eigenvalue weighted by Gasteiger charge is 2.21. The fraction of sp³-hybridized carbons (Fsp3) is 0.148. The molecule has 0 aliphatic heterocycles. The number of anilines is 1. The first-order valence-electron chi connectivity index (χ1n) is 11.7. The molecule has 0 atom stereocenters. The van der Waals surface area contributed by atoms with Gasteiger partial charge in [-0.2, -0.15) is 13.7 Å². The number of carbonyl (C=O) groups excluding carboxylic acids is 2. The summed E-state index contributed by atoms with van der Waals surface area (Å²) < 4.78 is 41.1. The van der Waals surface area contributed by atoms with Gasteiger partial charge in [-0.3, -0.25) is 14.9 Å². The second-order valence-corrected chi connectivity index (χ2v) is 9.40. The molecule has 0 saturated heterocycles. The molecule has 0 heterocycles. The SMILES string of the molecule is CCOC(=O)c1ccc(NC(=O)/C(C#N)=C/c2ccc(OS(=O)(=O)c3ccc([N+](=O)[O-])cc3)c(OCC)c2)cc1. The third-order valence-electron chi connectivity index (χ3n) is 5.13. The zero-order valence-corrected chi connectivity index (χ0v) is 22.1. The largest absolute Gasteiger partial charge is 0.490 e. The van der Waals surface area contributed by atoms with Gasteiger partial charge < -0.3 is 19.0 Å². The molecular formula is C27H23N3O9S. The van der Waals surface area contributed by atoms with E-state index in [1.807, 2.05) is 6.07 Å². The fourth-order valence-corrected chi connectivity index (χ4v) is 4.21. The van der Waals surface area contributed by atoms with E-state index in [-0.39, 0.29) is 40.9 Å². The van der Waals surface area contributed by atoms with Crippen LogP contribution in [0.5, 0.6) is 11.5 Å². The minimum Gasteiger partial charge on any atom is -0.490 e. The first-order valence-corrected chi connectivity index (χ1v) is 13.1. The summed E-state index contributed by atoms with van der Waals surface area (Å²) in [5.41, 5.74) is 0.444. The molecule has 0 aliphatic carbocycles. The zero-order valence-electron chi connectivity index (χ0n) is 21.3. The van der Waals surface area contributed by atoms with Crippen LogP contribution in [0.4, 0.5) is 11.4 Å². The molecule has 13 heteroatoms. The Morgan fingerprint density at radius 1 is 1.00 bits per heavy atom. The van der Waals surface area contributed by atoms with Crippen LogP contribution in [0.15, 0.2) is 77.2 Å². The summed E-state index contributed by atoms with van der Waals surface area (Å²) in [5, 5.41) is 22.9. The number of rotatable bonds is 11. The molecule has 1 amide bonds. The number of amides is 1. The minimum absolute atomic E-state index is 0.0222. The fourth-order valence-electron chi connectivity index (χ4n) is 3.27. The molecule has 0 radical (unpaired) electrons. The normalized spacial score (nSPS) is 11.2. The van der Waals surface area contributed by atoms with Crippen LogP contribution in [0, 0.1) is 21.4 Å². The van der Waals surface area contributed by atoms with Gasteiger partial charge in [0.15, 0.2) is 11.5 Å². The predicted octanol–water partition coefficient (Wildman–Crippen LogP) is 4.48. The molecule has 0 saturated carbocycles. The number of carbonyl (C=O) groups is 2. The van der Waals surface area contributed by atoms with Gasteiger partial charge >= 0.3 is 16.1 Å². The summed E-state index contributed by atoms with van der Waals surface area (Å²) in [6.45, 7) is 3.72. The highest BCUT2D eigenvalue weighted by molar-refractivity contribution is 7.87. The summed E-state index contributed by atoms with van der Waals surface area (Å²) >= 11 is 0. The third kappa shape index (κ3) is 7.42. The van der Waals surface area contributed by atoms with Crippen LogP contribution in [0.1, 0.15) is 29.8 Å². The Kier molecular flexibility index (Phi) is 9.56. The summed E-state index contributed by atoms with van der Waals surface area (Å²) in [6.07, 6.45) is 1.28. The number of esters is 1. The Balaban J connectivity index is 1.81. The van der Waals surface area contributed by atoms with Crippen molar-refractivity contribution in [3.05, 3.63) is 93.5 Å². The minimum atomic E-state index is -4.36. The number of non-ortho nitro benzene ring substituents is 1. The number of benzene rings is 3. The average molecular weight is 566 g/mol. The lowest BCUT2D eigenvalue weighted by Gasteiger charge is -2.13. The maximum Gasteiger partial charge on any atom is 0.339 e. The molecule has 12 nitrogen and oxygen atoms in total. The van der Waals surface area contributed by atoms with Crippen LogP contribution in [0.25, 0.3) is 6.08 Å². The molecule has 3 rings (SSSR count). The van der Waals surface area contributed by atoms with Gasteiger partial charge in [0.2, 0.25) is 0 Å². The lowest BCUT2D eigenvalue weighted by molar-refractivity contribution is -0.384. The van der Waals surface area contributed by atoms with E-state index in [0.717, 1.165) is 24.3 Å². The van der Waals surface area contributed by atoms with Crippen molar-refractivity contribution in [2.45, 2.75) is 18.7 Å². The standard InChI is InChI=1S/C27H23N3O9S/c1-3-37-25-16-18(5-14-24(25)39-40(35,36)23-12-10-22(11-13-23)30(33)34)15-20(17-28)26(31)29-21-8-6-19(7-9-21)27(32)38-4-2/h5-16H,3-4H2,1-2H3,(H,29,31)/b20-15+. The van der Waals surface area contributed by atoms with Crippen LogP contribution in [-0.4, -0.2) is 38.4 Å². The number of hydrogen-bond donors (Lipinski definition) is 1. The molecule has 40 heavy (non-hydrogen) atoms. The van der Waals surface area contributed by atoms with E-state index in [0.29, 0.717) is 16.8 Å². The molecule has 1 N–H and O–H groups in total. The number of hydrogen-bond acceptors (Lipinski definition) is 10. The number of nitriles is 1. The molecule has 3 aromatic carbocycles. The van der Waals surface area contributed by atoms with Gasteiger partial charge in [0, 0.05) is 17.8 Å². The van der Waals surface area contributed by atoms with Gasteiger partial charge in [-0.1, -0.05) is 6.07 Å². The second-order valence-electron chi connectivity index (χ2n) is 7.85. The highest BCUT2D eigenvalue weighted by Crippen LogP contribution is 2.32. The molecule has 0 spiro atoms. The maximum atomic E-state index is 12.7. The number of ether oxygens (including phenoxy) is 2. The zero-order chi connectivity index (χ0) is 29.3. The van der Waals surface area contributed by atoms with Crippen molar-refractivity contribution in [3.8, 4) is 17.6 Å². The van der Waals surface area contributed by atoms with Crippen molar-refractivity contribution in [2.24, 2.45) is 0 Å². The van der Waals surface area contributed by atoms with Crippen molar-refractivity contribution < 1.29 is 36.6 Å². The van der Waals surface area contributed by atoms with E-state index in [1.54, 1.807) is 13.8 Å². The van der Waals surface area contributed by atoms with Crippen molar-refractivity contribution in [2.75, 3.05) is 18.5 Å². The van der Waals surface area contributed by atoms with E-state index in [4.69, 9.17) is 13.7 Å².